The molecule has 0 radical (unpaired) electrons. The molecule has 20 heavy (non-hydrogen) atoms. The summed E-state index contributed by atoms with van der Waals surface area (Å²) in [5.41, 5.74) is 1.18. The van der Waals surface area contributed by atoms with Crippen LogP contribution in [0.15, 0.2) is 42.7 Å². The fourth-order valence-electron chi connectivity index (χ4n) is 2.23. The zero-order valence-electron chi connectivity index (χ0n) is 11.8. The van der Waals surface area contributed by atoms with Crippen molar-refractivity contribution in [3.63, 3.8) is 0 Å². The van der Waals surface area contributed by atoms with Gasteiger partial charge in [0.15, 0.2) is 0 Å². The highest BCUT2D eigenvalue weighted by Gasteiger charge is 2.19. The number of fused-ring (bicyclic) bond motifs is 3. The first-order valence-electron chi connectivity index (χ1n) is 6.54. The van der Waals surface area contributed by atoms with Gasteiger partial charge < -0.3 is 4.74 Å². The van der Waals surface area contributed by atoms with Gasteiger partial charge in [0, 0.05) is 23.2 Å². The number of pyridine rings is 1. The Morgan fingerprint density at radius 2 is 1.95 bits per heavy atom. The minimum Gasteiger partial charge on any atom is -0.443 e. The molecule has 0 aliphatic carbocycles. The van der Waals surface area contributed by atoms with Gasteiger partial charge in [-0.3, -0.25) is 9.55 Å². The van der Waals surface area contributed by atoms with Crippen molar-refractivity contribution in [1.29, 1.82) is 0 Å². The molecule has 0 aliphatic heterocycles. The van der Waals surface area contributed by atoms with Crippen molar-refractivity contribution in [1.82, 2.24) is 9.55 Å². The number of hydrogen-bond donors (Lipinski definition) is 0. The molecule has 102 valence electrons. The summed E-state index contributed by atoms with van der Waals surface area (Å²) < 4.78 is 6.99. The number of ether oxygens (including phenoxy) is 1. The van der Waals surface area contributed by atoms with Gasteiger partial charge in [-0.05, 0) is 32.9 Å². The van der Waals surface area contributed by atoms with E-state index in [4.69, 9.17) is 4.74 Å². The number of benzene rings is 1. The Hall–Kier alpha value is -2.36. The van der Waals surface area contributed by atoms with Gasteiger partial charge in [0.05, 0.1) is 11.0 Å². The van der Waals surface area contributed by atoms with Crippen molar-refractivity contribution in [2.24, 2.45) is 0 Å². The maximum absolute atomic E-state index is 12.3. The average Bonchev–Trinajstić information content (AvgIpc) is 2.81. The SMILES string of the molecule is CC(C)(C)OC(=O)n1ccc2cnc3ccccc3c21. The molecule has 4 nitrogen and oxygen atoms in total. The summed E-state index contributed by atoms with van der Waals surface area (Å²) in [4.78, 5) is 16.7. The van der Waals surface area contributed by atoms with Gasteiger partial charge in [-0.15, -0.1) is 0 Å². The second-order valence-electron chi connectivity index (χ2n) is 5.75. The highest BCUT2D eigenvalue weighted by Crippen LogP contribution is 2.25. The second-order valence-corrected chi connectivity index (χ2v) is 5.75. The molecule has 1 aromatic carbocycles. The third kappa shape index (κ3) is 2.13. The lowest BCUT2D eigenvalue weighted by Gasteiger charge is -2.20. The predicted octanol–water partition coefficient (Wildman–Crippen LogP) is 3.97. The smallest absolute Gasteiger partial charge is 0.419 e. The standard InChI is InChI=1S/C16H16N2O2/c1-16(2,3)20-15(19)18-9-8-11-10-17-13-7-5-4-6-12(13)14(11)18/h4-10H,1-3H3. The Labute approximate surface area is 117 Å². The van der Waals surface area contributed by atoms with Gasteiger partial charge in [-0.2, -0.15) is 0 Å². The summed E-state index contributed by atoms with van der Waals surface area (Å²) in [6.07, 6.45) is 3.13. The van der Waals surface area contributed by atoms with E-state index in [1.165, 1.54) is 0 Å². The monoisotopic (exact) mass is 268 g/mol. The van der Waals surface area contributed by atoms with E-state index in [0.717, 1.165) is 21.8 Å². The van der Waals surface area contributed by atoms with Crippen LogP contribution in [0.2, 0.25) is 0 Å². The van der Waals surface area contributed by atoms with Crippen molar-refractivity contribution >= 4 is 27.9 Å². The van der Waals surface area contributed by atoms with Crippen LogP contribution in [0.25, 0.3) is 21.8 Å². The summed E-state index contributed by atoms with van der Waals surface area (Å²) in [6, 6.07) is 9.64. The summed E-state index contributed by atoms with van der Waals surface area (Å²) in [6.45, 7) is 5.57. The first-order valence-corrected chi connectivity index (χ1v) is 6.54. The second kappa shape index (κ2) is 4.34. The summed E-state index contributed by atoms with van der Waals surface area (Å²) >= 11 is 0. The van der Waals surface area contributed by atoms with Crippen molar-refractivity contribution in [2.75, 3.05) is 0 Å². The molecule has 0 fully saturated rings. The minimum absolute atomic E-state index is 0.371. The summed E-state index contributed by atoms with van der Waals surface area (Å²) in [5, 5.41) is 1.87. The van der Waals surface area contributed by atoms with Crippen molar-refractivity contribution in [3.05, 3.63) is 42.7 Å². The quantitative estimate of drug-likeness (QED) is 0.619. The zero-order valence-corrected chi connectivity index (χ0v) is 11.8. The van der Waals surface area contributed by atoms with Crippen LogP contribution >= 0.6 is 0 Å². The highest BCUT2D eigenvalue weighted by molar-refractivity contribution is 6.06. The number of carbonyl (C=O) groups excluding carboxylic acids is 1. The number of hydrogen-bond acceptors (Lipinski definition) is 3. The molecular weight excluding hydrogens is 252 g/mol. The molecular formula is C16H16N2O2. The Balaban J connectivity index is 2.22. The van der Waals surface area contributed by atoms with E-state index in [1.807, 2.05) is 51.1 Å². The molecule has 2 aromatic heterocycles. The molecule has 4 heteroatoms. The lowest BCUT2D eigenvalue weighted by Crippen LogP contribution is -2.26. The Morgan fingerprint density at radius 1 is 1.20 bits per heavy atom. The van der Waals surface area contributed by atoms with Gasteiger partial charge in [0.2, 0.25) is 0 Å². The molecule has 3 aromatic rings. The molecule has 0 atom stereocenters. The molecule has 0 saturated heterocycles. The van der Waals surface area contributed by atoms with E-state index in [1.54, 1.807) is 17.0 Å². The van der Waals surface area contributed by atoms with E-state index in [0.29, 0.717) is 0 Å². The number of carbonyl (C=O) groups is 1. The van der Waals surface area contributed by atoms with E-state index in [-0.39, 0.29) is 6.09 Å². The van der Waals surface area contributed by atoms with Crippen LogP contribution in [0.3, 0.4) is 0 Å². The largest absolute Gasteiger partial charge is 0.443 e. The Morgan fingerprint density at radius 3 is 2.70 bits per heavy atom. The number of rotatable bonds is 0. The van der Waals surface area contributed by atoms with Gasteiger partial charge in [-0.1, -0.05) is 18.2 Å². The maximum atomic E-state index is 12.3. The molecule has 0 saturated carbocycles. The fraction of sp³-hybridized carbons (Fsp3) is 0.250. The maximum Gasteiger partial charge on any atom is 0.419 e. The molecule has 3 rings (SSSR count). The molecule has 0 amide bonds. The Kier molecular flexibility index (Phi) is 2.74. The van der Waals surface area contributed by atoms with E-state index in [9.17, 15) is 4.79 Å². The predicted molar refractivity (Wildman–Crippen MR) is 78.9 cm³/mol. The van der Waals surface area contributed by atoms with Crippen LogP contribution in [-0.4, -0.2) is 21.2 Å². The normalized spacial score (nSPS) is 11.9. The lowest BCUT2D eigenvalue weighted by atomic mass is 10.2. The Bertz CT molecular complexity index is 797. The van der Waals surface area contributed by atoms with Gasteiger partial charge in [0.1, 0.15) is 5.60 Å². The molecule has 0 spiro atoms. The van der Waals surface area contributed by atoms with Crippen LogP contribution in [0.1, 0.15) is 20.8 Å². The van der Waals surface area contributed by atoms with Gasteiger partial charge in [0.25, 0.3) is 0 Å². The molecule has 0 aliphatic rings. The average molecular weight is 268 g/mol. The van der Waals surface area contributed by atoms with Crippen LogP contribution in [-0.2, 0) is 4.74 Å². The molecule has 0 bridgehead atoms. The van der Waals surface area contributed by atoms with Crippen molar-refractivity contribution < 1.29 is 9.53 Å². The molecule has 0 unspecified atom stereocenters. The van der Waals surface area contributed by atoms with E-state index >= 15 is 0 Å². The van der Waals surface area contributed by atoms with Crippen molar-refractivity contribution in [2.45, 2.75) is 26.4 Å². The van der Waals surface area contributed by atoms with E-state index < -0.39 is 5.60 Å². The van der Waals surface area contributed by atoms with Crippen LogP contribution in [0.4, 0.5) is 4.79 Å². The number of para-hydroxylation sites is 1. The van der Waals surface area contributed by atoms with Gasteiger partial charge >= 0.3 is 6.09 Å². The third-order valence-electron chi connectivity index (χ3n) is 3.01. The summed E-state index contributed by atoms with van der Waals surface area (Å²) in [5.74, 6) is 0. The third-order valence-corrected chi connectivity index (χ3v) is 3.01. The lowest BCUT2D eigenvalue weighted by molar-refractivity contribution is 0.0545. The minimum atomic E-state index is -0.517. The topological polar surface area (TPSA) is 44.1 Å². The molecule has 0 N–H and O–H groups in total. The van der Waals surface area contributed by atoms with Crippen molar-refractivity contribution in [3.8, 4) is 0 Å². The number of nitrogens with zero attached hydrogens (tertiary/aromatic N) is 2. The first-order chi connectivity index (χ1) is 9.46. The van der Waals surface area contributed by atoms with Gasteiger partial charge in [-0.25, -0.2) is 4.79 Å². The van der Waals surface area contributed by atoms with Crippen LogP contribution in [0, 0.1) is 0 Å². The zero-order chi connectivity index (χ0) is 14.3. The first kappa shape index (κ1) is 12.7. The van der Waals surface area contributed by atoms with Crippen LogP contribution in [0.5, 0.6) is 0 Å². The summed E-state index contributed by atoms with van der Waals surface area (Å²) in [7, 11) is 0. The molecule has 2 heterocycles. The number of aromatic nitrogens is 2. The van der Waals surface area contributed by atoms with Crippen LogP contribution < -0.4 is 0 Å². The fourth-order valence-corrected chi connectivity index (χ4v) is 2.23. The highest BCUT2D eigenvalue weighted by atomic mass is 16.6. The van der Waals surface area contributed by atoms with E-state index in [2.05, 4.69) is 4.98 Å².